The number of carbonyl (C=O) groups excluding carboxylic acids is 2. The van der Waals surface area contributed by atoms with Crippen molar-refractivity contribution in [1.29, 1.82) is 0 Å². The molecule has 0 aliphatic heterocycles. The lowest BCUT2D eigenvalue weighted by Gasteiger charge is -2.09. The number of furan rings is 1. The summed E-state index contributed by atoms with van der Waals surface area (Å²) in [6.07, 6.45) is -3.11. The van der Waals surface area contributed by atoms with E-state index in [0.29, 0.717) is 34.2 Å². The molecule has 0 atom stereocenters. The summed E-state index contributed by atoms with van der Waals surface area (Å²) in [5.41, 5.74) is 22.6. The van der Waals surface area contributed by atoms with Crippen LogP contribution in [-0.4, -0.2) is 37.1 Å². The Morgan fingerprint density at radius 2 is 1.27 bits per heavy atom. The summed E-state index contributed by atoms with van der Waals surface area (Å²) >= 11 is 0. The van der Waals surface area contributed by atoms with Crippen molar-refractivity contribution >= 4 is 51.9 Å². The Kier molecular flexibility index (Phi) is 15.3. The second-order valence-electron chi connectivity index (χ2n) is 10.2. The van der Waals surface area contributed by atoms with Gasteiger partial charge in [-0.2, -0.15) is 13.2 Å². The average Bonchev–Trinajstić information content (AvgIpc) is 3.64. The predicted molar refractivity (Wildman–Crippen MR) is 189 cm³/mol. The lowest BCUT2D eigenvalue weighted by Crippen LogP contribution is -2.13. The van der Waals surface area contributed by atoms with Gasteiger partial charge in [-0.3, -0.25) is 9.59 Å². The molecule has 0 radical (unpaired) electrons. The monoisotopic (exact) mass is 728 g/mol. The van der Waals surface area contributed by atoms with Gasteiger partial charge in [-0.05, 0) is 66.7 Å². The molecular formula is C35H36F4N6O7. The molecule has 1 heterocycles. The molecule has 0 saturated heterocycles. The van der Waals surface area contributed by atoms with Gasteiger partial charge in [0.15, 0.2) is 0 Å². The number of methoxy groups -OCH3 is 2. The minimum atomic E-state index is -4.43. The lowest BCUT2D eigenvalue weighted by atomic mass is 10.1. The quantitative estimate of drug-likeness (QED) is 0.0714. The molecule has 52 heavy (non-hydrogen) atoms. The number of nitrogens with two attached hydrogens (primary N) is 4. The highest BCUT2D eigenvalue weighted by atomic mass is 19.4. The molecule has 0 fully saturated rings. The van der Waals surface area contributed by atoms with Crippen LogP contribution in [0.2, 0.25) is 0 Å². The summed E-state index contributed by atoms with van der Waals surface area (Å²) in [6, 6.07) is 21.9. The van der Waals surface area contributed by atoms with Crippen molar-refractivity contribution in [1.82, 2.24) is 0 Å². The second kappa shape index (κ2) is 19.3. The highest BCUT2D eigenvalue weighted by molar-refractivity contribution is 6.04. The van der Waals surface area contributed by atoms with Crippen molar-refractivity contribution in [3.63, 3.8) is 0 Å². The van der Waals surface area contributed by atoms with E-state index in [0.717, 1.165) is 12.1 Å². The Bertz CT molecular complexity index is 1960. The number of carbonyl (C=O) groups is 3. The average molecular weight is 729 g/mol. The van der Waals surface area contributed by atoms with Crippen LogP contribution >= 0.6 is 0 Å². The van der Waals surface area contributed by atoms with E-state index in [-0.39, 0.29) is 28.6 Å². The Hall–Kier alpha value is -6.91. The summed E-state index contributed by atoms with van der Waals surface area (Å²) in [4.78, 5) is 32.6. The molecule has 1 aromatic heterocycles. The molecule has 13 nitrogen and oxygen atoms in total. The fraction of sp³-hybridized carbons (Fsp3) is 0.114. The topological polar surface area (TPSA) is 231 Å². The third kappa shape index (κ3) is 13.2. The molecule has 2 amide bonds. The van der Waals surface area contributed by atoms with Crippen molar-refractivity contribution in [2.24, 2.45) is 0 Å². The van der Waals surface area contributed by atoms with Crippen LogP contribution in [0.15, 0.2) is 102 Å². The van der Waals surface area contributed by atoms with E-state index in [4.69, 9.17) is 37.5 Å². The summed E-state index contributed by atoms with van der Waals surface area (Å²) < 4.78 is 64.3. The number of ether oxygens (including phenoxy) is 2. The van der Waals surface area contributed by atoms with Gasteiger partial charge in [0.05, 0.1) is 43.0 Å². The van der Waals surface area contributed by atoms with E-state index >= 15 is 0 Å². The third-order valence-electron chi connectivity index (χ3n) is 6.28. The lowest BCUT2D eigenvalue weighted by molar-refractivity contribution is -0.136. The van der Waals surface area contributed by atoms with Crippen molar-refractivity contribution in [2.75, 3.05) is 47.8 Å². The third-order valence-corrected chi connectivity index (χ3v) is 6.28. The van der Waals surface area contributed by atoms with E-state index in [1.807, 2.05) is 0 Å². The van der Waals surface area contributed by atoms with E-state index in [9.17, 15) is 31.9 Å². The number of hydrogen-bond donors (Lipinski definition) is 7. The Balaban J connectivity index is 0.000000251. The first-order valence-corrected chi connectivity index (χ1v) is 14.7. The van der Waals surface area contributed by atoms with Gasteiger partial charge in [-0.15, -0.1) is 0 Å². The number of rotatable bonds is 6. The van der Waals surface area contributed by atoms with Gasteiger partial charge in [0, 0.05) is 41.8 Å². The first-order chi connectivity index (χ1) is 24.5. The zero-order valence-electron chi connectivity index (χ0n) is 28.0. The first kappa shape index (κ1) is 41.3. The van der Waals surface area contributed by atoms with Crippen LogP contribution in [-0.2, 0) is 11.0 Å². The number of alkyl halides is 3. The standard InChI is InChI=1S/C14H13FN2O2.C9H12N2O2.C7H7F3N2.C5H4O3/c1-19-13-8-9(6-7-12(13)16)17-14(18)10-4-2-3-5-11(10)15;1-6(12)11-7-3-4-8(10)9(5-7)13-2;8-7(9,10)5-3-4(11)1-2-6(5)12;6-5(7)4-2-1-3-8-4/h2-8H,16H2,1H3,(H,17,18);3-5H,10H2,1-2H3,(H,11,12);1-3H,11-12H2;1-3H,(H,6,7). The van der Waals surface area contributed by atoms with Crippen LogP contribution < -0.4 is 43.0 Å². The summed E-state index contributed by atoms with van der Waals surface area (Å²) in [7, 11) is 3.01. The molecule has 0 saturated carbocycles. The van der Waals surface area contributed by atoms with Crippen LogP contribution in [0.5, 0.6) is 11.5 Å². The van der Waals surface area contributed by atoms with E-state index in [1.165, 1.54) is 63.8 Å². The number of hydrogen-bond acceptors (Lipinski definition) is 10. The van der Waals surface area contributed by atoms with E-state index < -0.39 is 29.4 Å². The Labute approximate surface area is 295 Å². The smallest absolute Gasteiger partial charge is 0.418 e. The van der Waals surface area contributed by atoms with Gasteiger partial charge in [-0.1, -0.05) is 12.1 Å². The Morgan fingerprint density at radius 3 is 1.69 bits per heavy atom. The van der Waals surface area contributed by atoms with Gasteiger partial charge >= 0.3 is 12.1 Å². The zero-order valence-corrected chi connectivity index (χ0v) is 28.0. The highest BCUT2D eigenvalue weighted by Crippen LogP contribution is 2.34. The minimum Gasteiger partial charge on any atom is -0.495 e. The Morgan fingerprint density at radius 1 is 0.731 bits per heavy atom. The molecular weight excluding hydrogens is 692 g/mol. The van der Waals surface area contributed by atoms with Crippen molar-refractivity contribution in [2.45, 2.75) is 13.1 Å². The van der Waals surface area contributed by atoms with Crippen molar-refractivity contribution in [3.05, 3.63) is 120 Å². The second-order valence-corrected chi connectivity index (χ2v) is 10.2. The number of amides is 2. The number of benzene rings is 4. The fourth-order valence-corrected chi connectivity index (χ4v) is 3.84. The van der Waals surface area contributed by atoms with Crippen LogP contribution in [0.3, 0.4) is 0 Å². The van der Waals surface area contributed by atoms with Gasteiger partial charge in [0.25, 0.3) is 5.91 Å². The molecule has 0 spiro atoms. The van der Waals surface area contributed by atoms with E-state index in [2.05, 4.69) is 15.1 Å². The van der Waals surface area contributed by atoms with Gasteiger partial charge in [0.2, 0.25) is 11.7 Å². The number of halogens is 4. The van der Waals surface area contributed by atoms with Crippen molar-refractivity contribution < 1.29 is 50.9 Å². The number of anilines is 6. The van der Waals surface area contributed by atoms with Gasteiger partial charge in [0.1, 0.15) is 17.3 Å². The molecule has 0 aliphatic carbocycles. The molecule has 5 rings (SSSR count). The molecule has 0 aliphatic rings. The zero-order chi connectivity index (χ0) is 39.0. The maximum absolute atomic E-state index is 13.4. The highest BCUT2D eigenvalue weighted by Gasteiger charge is 2.32. The normalized spacial score (nSPS) is 10.1. The molecule has 4 aromatic carbocycles. The summed E-state index contributed by atoms with van der Waals surface area (Å²) in [5, 5.41) is 13.4. The molecule has 0 bridgehead atoms. The van der Waals surface area contributed by atoms with Gasteiger partial charge < -0.3 is 52.6 Å². The number of carboxylic acid groups (broad SMARTS) is 1. The summed E-state index contributed by atoms with van der Waals surface area (Å²) in [6.45, 7) is 1.45. The summed E-state index contributed by atoms with van der Waals surface area (Å²) in [5.74, 6) is -1.25. The number of nitrogens with one attached hydrogen (secondary N) is 2. The molecule has 17 heteroatoms. The van der Waals surface area contributed by atoms with E-state index in [1.54, 1.807) is 42.5 Å². The van der Waals surface area contributed by atoms with Crippen molar-refractivity contribution in [3.8, 4) is 11.5 Å². The van der Waals surface area contributed by atoms with Gasteiger partial charge in [-0.25, -0.2) is 9.18 Å². The number of carboxylic acids is 1. The van der Waals surface area contributed by atoms with Crippen LogP contribution in [0.1, 0.15) is 33.4 Å². The van der Waals surface area contributed by atoms with Crippen LogP contribution in [0.25, 0.3) is 0 Å². The maximum atomic E-state index is 13.4. The molecule has 5 aromatic rings. The SMILES string of the molecule is COc1cc(NC(=O)c2ccccc2F)ccc1N.COc1cc(NC(C)=O)ccc1N.Nc1ccc(N)c(C(F)(F)F)c1.O=C(O)c1ccco1. The van der Waals surface area contributed by atoms with Crippen LogP contribution in [0.4, 0.5) is 51.7 Å². The maximum Gasteiger partial charge on any atom is 0.418 e. The first-order valence-electron chi connectivity index (χ1n) is 14.7. The predicted octanol–water partition coefficient (Wildman–Crippen LogP) is 6.75. The minimum absolute atomic E-state index is 0.0155. The fourth-order valence-electron chi connectivity index (χ4n) is 3.84. The molecule has 11 N–H and O–H groups in total. The van der Waals surface area contributed by atoms with Crippen LogP contribution in [0, 0.1) is 5.82 Å². The largest absolute Gasteiger partial charge is 0.495 e. The molecule has 276 valence electrons. The molecule has 0 unspecified atom stereocenters. The number of aromatic carboxylic acids is 1. The number of nitrogen functional groups attached to an aromatic ring is 4.